The van der Waals surface area contributed by atoms with E-state index < -0.39 is 6.10 Å². The van der Waals surface area contributed by atoms with Gasteiger partial charge in [0.15, 0.2) is 6.10 Å². The van der Waals surface area contributed by atoms with E-state index in [1.54, 1.807) is 0 Å². The Kier molecular flexibility index (Phi) is 54.9. The highest BCUT2D eigenvalue weighted by Crippen LogP contribution is 2.13. The molecule has 0 saturated carbocycles. The van der Waals surface area contributed by atoms with E-state index in [2.05, 4.69) is 142 Å². The maximum absolute atomic E-state index is 12.8. The Morgan fingerprint density at radius 1 is 0.296 bits per heavy atom. The molecule has 0 aromatic carbocycles. The maximum Gasteiger partial charge on any atom is 0.306 e. The van der Waals surface area contributed by atoms with Crippen LogP contribution in [-0.2, 0) is 28.6 Å². The molecule has 0 spiro atoms. The van der Waals surface area contributed by atoms with Crippen molar-refractivity contribution in [2.75, 3.05) is 13.2 Å². The van der Waals surface area contributed by atoms with Crippen molar-refractivity contribution in [2.24, 2.45) is 0 Å². The van der Waals surface area contributed by atoms with Gasteiger partial charge >= 0.3 is 17.9 Å². The summed E-state index contributed by atoms with van der Waals surface area (Å²) in [5, 5.41) is 0. The van der Waals surface area contributed by atoms with Crippen molar-refractivity contribution < 1.29 is 28.6 Å². The number of unbranched alkanes of at least 4 members (excludes halogenated alkanes) is 20. The number of esters is 3. The van der Waals surface area contributed by atoms with Gasteiger partial charge in [0.1, 0.15) is 13.2 Å². The summed E-state index contributed by atoms with van der Waals surface area (Å²) in [4.78, 5) is 38.0. The molecule has 402 valence electrons. The third-order valence-electron chi connectivity index (χ3n) is 11.9. The molecular weight excluding hydrogens is 877 g/mol. The molecule has 0 fully saturated rings. The molecule has 0 amide bonds. The molecule has 0 radical (unpaired) electrons. The molecule has 71 heavy (non-hydrogen) atoms. The SMILES string of the molecule is CC/C=C\C/C=C\C/C=C\C/C=C\C/C=C\C/C=C\C/C=C\C/C=C\CCCCCCC(=O)OCC(COC(=O)CCCCCCC/C=C\CCCCC)OC(=O)CCCCCCC/C=C\CCCCC. The molecule has 6 heteroatoms. The van der Waals surface area contributed by atoms with Gasteiger partial charge in [-0.15, -0.1) is 0 Å². The maximum atomic E-state index is 12.8. The summed E-state index contributed by atoms with van der Waals surface area (Å²) >= 11 is 0. The zero-order valence-electron chi connectivity index (χ0n) is 45.9. The zero-order valence-corrected chi connectivity index (χ0v) is 45.9. The molecular formula is C65H106O6. The molecule has 0 aliphatic carbocycles. The highest BCUT2D eigenvalue weighted by atomic mass is 16.6. The predicted octanol–water partition coefficient (Wildman–Crippen LogP) is 19.6. The minimum Gasteiger partial charge on any atom is -0.462 e. The van der Waals surface area contributed by atoms with E-state index in [9.17, 15) is 14.4 Å². The van der Waals surface area contributed by atoms with Gasteiger partial charge in [0.05, 0.1) is 0 Å². The second-order valence-electron chi connectivity index (χ2n) is 18.8. The third kappa shape index (κ3) is 56.6. The monoisotopic (exact) mass is 983 g/mol. The first kappa shape index (κ1) is 66.8. The Balaban J connectivity index is 4.34. The Labute approximate surface area is 437 Å². The molecule has 6 nitrogen and oxygen atoms in total. The Hall–Kier alpha value is -4.19. The van der Waals surface area contributed by atoms with Crippen LogP contribution in [0.3, 0.4) is 0 Å². The molecule has 0 heterocycles. The van der Waals surface area contributed by atoms with Crippen LogP contribution in [0.5, 0.6) is 0 Å². The average Bonchev–Trinajstić information content (AvgIpc) is 3.37. The number of allylic oxidation sites excluding steroid dienone is 20. The van der Waals surface area contributed by atoms with Crippen LogP contribution in [0.2, 0.25) is 0 Å². The topological polar surface area (TPSA) is 78.9 Å². The lowest BCUT2D eigenvalue weighted by molar-refractivity contribution is -0.167. The number of rotatable bonds is 51. The standard InChI is InChI=1S/C65H106O6/c1-4-7-10-13-16-19-22-25-26-27-28-29-30-31-32-33-34-35-36-37-38-39-40-41-44-46-49-52-55-58-64(67)70-61-62(71-65(68)59-56-53-50-47-43-24-21-18-15-12-9-6-3)60-69-63(66)57-54-51-48-45-42-23-20-17-14-11-8-5-2/h7,10,16-21,25-26,28-29,31-32,34-35,37-38,40-41,62H,4-6,8-9,11-15,22-24,27,30,33,36,39,42-61H2,1-3H3/b10-7-,19-16-,20-17-,21-18-,26-25-,29-28-,32-31-,35-34-,38-37-,41-40-. The fourth-order valence-corrected chi connectivity index (χ4v) is 7.56. The van der Waals surface area contributed by atoms with Crippen molar-refractivity contribution in [1.29, 1.82) is 0 Å². The normalized spacial score (nSPS) is 13.0. The summed E-state index contributed by atoms with van der Waals surface area (Å²) in [6, 6.07) is 0. The summed E-state index contributed by atoms with van der Waals surface area (Å²) < 4.78 is 16.8. The fraction of sp³-hybridized carbons (Fsp3) is 0.646. The minimum atomic E-state index is -0.798. The van der Waals surface area contributed by atoms with Crippen molar-refractivity contribution in [3.05, 3.63) is 122 Å². The van der Waals surface area contributed by atoms with Crippen molar-refractivity contribution in [3.8, 4) is 0 Å². The highest BCUT2D eigenvalue weighted by molar-refractivity contribution is 5.71. The van der Waals surface area contributed by atoms with Crippen LogP contribution in [0, 0.1) is 0 Å². The van der Waals surface area contributed by atoms with Crippen molar-refractivity contribution in [2.45, 2.75) is 258 Å². The zero-order chi connectivity index (χ0) is 51.4. The van der Waals surface area contributed by atoms with E-state index in [4.69, 9.17) is 14.2 Å². The first-order chi connectivity index (χ1) is 35.0. The van der Waals surface area contributed by atoms with E-state index in [0.29, 0.717) is 19.3 Å². The number of carbonyl (C=O) groups is 3. The second-order valence-corrected chi connectivity index (χ2v) is 18.8. The van der Waals surface area contributed by atoms with Crippen molar-refractivity contribution >= 4 is 17.9 Å². The lowest BCUT2D eigenvalue weighted by Crippen LogP contribution is -2.30. The third-order valence-corrected chi connectivity index (χ3v) is 11.9. The van der Waals surface area contributed by atoms with Gasteiger partial charge in [-0.3, -0.25) is 14.4 Å². The molecule has 0 N–H and O–H groups in total. The largest absolute Gasteiger partial charge is 0.462 e. The van der Waals surface area contributed by atoms with Gasteiger partial charge in [0, 0.05) is 19.3 Å². The molecule has 0 aliphatic heterocycles. The van der Waals surface area contributed by atoms with Gasteiger partial charge in [0.2, 0.25) is 0 Å². The highest BCUT2D eigenvalue weighted by Gasteiger charge is 2.19. The van der Waals surface area contributed by atoms with E-state index in [1.807, 2.05) is 0 Å². The molecule has 0 aromatic rings. The van der Waals surface area contributed by atoms with Crippen LogP contribution < -0.4 is 0 Å². The van der Waals surface area contributed by atoms with E-state index >= 15 is 0 Å². The van der Waals surface area contributed by atoms with Crippen LogP contribution in [0.4, 0.5) is 0 Å². The fourth-order valence-electron chi connectivity index (χ4n) is 7.56. The molecule has 0 rings (SSSR count). The van der Waals surface area contributed by atoms with E-state index in [-0.39, 0.29) is 31.1 Å². The van der Waals surface area contributed by atoms with E-state index in [0.717, 1.165) is 148 Å². The summed E-state index contributed by atoms with van der Waals surface area (Å²) in [5.74, 6) is -0.943. The number of ether oxygens (including phenoxy) is 3. The summed E-state index contributed by atoms with van der Waals surface area (Å²) in [7, 11) is 0. The molecule has 0 saturated heterocycles. The summed E-state index contributed by atoms with van der Waals surface area (Å²) in [6.07, 6.45) is 80.5. The first-order valence-electron chi connectivity index (χ1n) is 29.0. The van der Waals surface area contributed by atoms with Gasteiger partial charge in [-0.2, -0.15) is 0 Å². The Bertz CT molecular complexity index is 1500. The van der Waals surface area contributed by atoms with Crippen molar-refractivity contribution in [3.63, 3.8) is 0 Å². The van der Waals surface area contributed by atoms with Gasteiger partial charge in [0.25, 0.3) is 0 Å². The molecule has 0 bridgehead atoms. The summed E-state index contributed by atoms with van der Waals surface area (Å²) in [5.41, 5.74) is 0. The Morgan fingerprint density at radius 3 is 0.873 bits per heavy atom. The van der Waals surface area contributed by atoms with Crippen LogP contribution in [0.15, 0.2) is 122 Å². The second kappa shape index (κ2) is 58.4. The lowest BCUT2D eigenvalue weighted by atomic mass is 10.1. The first-order valence-corrected chi connectivity index (χ1v) is 29.0. The van der Waals surface area contributed by atoms with Gasteiger partial charge < -0.3 is 14.2 Å². The minimum absolute atomic E-state index is 0.0960. The quantitative estimate of drug-likeness (QED) is 0.0261. The summed E-state index contributed by atoms with van der Waals surface area (Å²) in [6.45, 7) is 6.43. The Morgan fingerprint density at radius 2 is 0.549 bits per heavy atom. The van der Waals surface area contributed by atoms with Crippen LogP contribution >= 0.6 is 0 Å². The lowest BCUT2D eigenvalue weighted by Gasteiger charge is -2.18. The van der Waals surface area contributed by atoms with Gasteiger partial charge in [-0.05, 0) is 135 Å². The van der Waals surface area contributed by atoms with Gasteiger partial charge in [-0.25, -0.2) is 0 Å². The van der Waals surface area contributed by atoms with Crippen molar-refractivity contribution in [1.82, 2.24) is 0 Å². The van der Waals surface area contributed by atoms with Crippen LogP contribution in [0.25, 0.3) is 0 Å². The van der Waals surface area contributed by atoms with E-state index in [1.165, 1.54) is 64.2 Å². The van der Waals surface area contributed by atoms with Crippen LogP contribution in [-0.4, -0.2) is 37.2 Å². The number of hydrogen-bond donors (Lipinski definition) is 0. The smallest absolute Gasteiger partial charge is 0.306 e. The molecule has 1 atom stereocenters. The molecule has 0 aliphatic rings. The van der Waals surface area contributed by atoms with Crippen LogP contribution in [0.1, 0.15) is 252 Å². The average molecular weight is 984 g/mol. The number of carbonyl (C=O) groups excluding carboxylic acids is 3. The predicted molar refractivity (Wildman–Crippen MR) is 306 cm³/mol. The van der Waals surface area contributed by atoms with Gasteiger partial charge in [-0.1, -0.05) is 219 Å². The number of hydrogen-bond acceptors (Lipinski definition) is 6. The molecule has 1 unspecified atom stereocenters. The molecule has 0 aromatic heterocycles.